The molecule has 0 spiro atoms. The molecule has 0 unspecified atom stereocenters. The van der Waals surface area contributed by atoms with Crippen LogP contribution in [-0.4, -0.2) is 58.2 Å². The number of nitrogen functional groups attached to an aromatic ring is 1. The van der Waals surface area contributed by atoms with Gasteiger partial charge in [0, 0.05) is 63.9 Å². The van der Waals surface area contributed by atoms with Crippen molar-refractivity contribution >= 4 is 85.4 Å². The third-order valence-corrected chi connectivity index (χ3v) is 2.73. The molecule has 0 fully saturated rings. The first-order valence-electron chi connectivity index (χ1n) is 5.01. The normalized spacial score (nSPS) is 10.2. The monoisotopic (exact) mass is 278 g/mol. The van der Waals surface area contributed by atoms with E-state index in [2.05, 4.69) is 42.5 Å². The van der Waals surface area contributed by atoms with E-state index in [1.807, 2.05) is 12.1 Å². The minimum atomic E-state index is 0. The van der Waals surface area contributed by atoms with Crippen LogP contribution in [0, 0.1) is 0 Å². The van der Waals surface area contributed by atoms with E-state index in [0.717, 1.165) is 5.69 Å². The van der Waals surface area contributed by atoms with Gasteiger partial charge < -0.3 is 5.73 Å². The maximum absolute atomic E-state index is 5.77. The second kappa shape index (κ2) is 4.97. The molecule has 0 heterocycles. The van der Waals surface area contributed by atoms with Crippen molar-refractivity contribution in [2.24, 2.45) is 0 Å². The molecule has 0 aliphatic heterocycles. The van der Waals surface area contributed by atoms with Crippen molar-refractivity contribution in [2.75, 3.05) is 5.73 Å². The van der Waals surface area contributed by atoms with Crippen molar-refractivity contribution in [2.45, 2.75) is 0 Å². The maximum atomic E-state index is 5.77. The van der Waals surface area contributed by atoms with Crippen molar-refractivity contribution in [1.29, 1.82) is 0 Å². The Balaban J connectivity index is 0.000000963. The molecule has 73 valence electrons. The van der Waals surface area contributed by atoms with Gasteiger partial charge in [0.1, 0.15) is 0 Å². The van der Waals surface area contributed by atoms with E-state index in [1.54, 1.807) is 0 Å². The number of benzene rings is 3. The molecule has 2 heteroatoms. The average molecular weight is 279 g/mol. The Morgan fingerprint density at radius 3 is 1.88 bits per heavy atom. The molecule has 3 aromatic rings. The van der Waals surface area contributed by atoms with Crippen LogP contribution >= 0.6 is 0 Å². The zero-order valence-corrected chi connectivity index (χ0v) is 14.2. The summed E-state index contributed by atoms with van der Waals surface area (Å²) in [6.07, 6.45) is 0. The molecule has 3 aromatic carbocycles. The van der Waals surface area contributed by atoms with E-state index in [4.69, 9.17) is 5.73 Å². The van der Waals surface area contributed by atoms with Gasteiger partial charge in [0.2, 0.25) is 0 Å². The Bertz CT molecular complexity index is 646. The van der Waals surface area contributed by atoms with Gasteiger partial charge in [-0.1, -0.05) is 30.3 Å². The van der Waals surface area contributed by atoms with Gasteiger partial charge in [-0.05, 0) is 45.8 Å². The predicted octanol–water partition coefficient (Wildman–Crippen LogP) is 3.19. The predicted molar refractivity (Wildman–Crippen MR) is 71.6 cm³/mol. The number of hydrogen-bond acceptors (Lipinski definition) is 1. The summed E-state index contributed by atoms with van der Waals surface area (Å²) in [6.45, 7) is 0. The number of anilines is 1. The summed E-state index contributed by atoms with van der Waals surface area (Å²) >= 11 is 0. The van der Waals surface area contributed by atoms with E-state index >= 15 is 0 Å². The van der Waals surface area contributed by atoms with Gasteiger partial charge in [-0.3, -0.25) is 0 Å². The van der Waals surface area contributed by atoms with E-state index < -0.39 is 0 Å². The standard InChI is InChI=1S/C14H11N.Rb/c15-14-6-5-12-7-10-3-1-2-4-11(10)8-13(12)9-14;/h1-9H,15H2;. The summed E-state index contributed by atoms with van der Waals surface area (Å²) in [7, 11) is 0. The quantitative estimate of drug-likeness (QED) is 0.496. The second-order valence-electron chi connectivity index (χ2n) is 3.81. The van der Waals surface area contributed by atoms with Gasteiger partial charge in [0.05, 0.1) is 0 Å². The molecule has 0 aliphatic rings. The van der Waals surface area contributed by atoms with Gasteiger partial charge >= 0.3 is 0 Å². The third kappa shape index (κ3) is 2.23. The van der Waals surface area contributed by atoms with Crippen LogP contribution in [-0.2, 0) is 0 Å². The maximum Gasteiger partial charge on any atom is 0.0320 e. The Morgan fingerprint density at radius 1 is 0.625 bits per heavy atom. The first-order chi connectivity index (χ1) is 7.33. The zero-order chi connectivity index (χ0) is 10.3. The van der Waals surface area contributed by atoms with Crippen LogP contribution in [0.5, 0.6) is 0 Å². The summed E-state index contributed by atoms with van der Waals surface area (Å²) in [4.78, 5) is 0. The number of fused-ring (bicyclic) bond motifs is 2. The molecule has 1 radical (unpaired) electrons. The molecule has 2 N–H and O–H groups in total. The Kier molecular flexibility index (Phi) is 3.80. The molecule has 16 heavy (non-hydrogen) atoms. The molecule has 3 rings (SSSR count). The molecular formula is C14H11NRb. The summed E-state index contributed by atoms with van der Waals surface area (Å²) in [5.41, 5.74) is 6.59. The SMILES string of the molecule is Nc1ccc2cc3ccccc3cc2c1.[Rb]. The van der Waals surface area contributed by atoms with Gasteiger partial charge in [-0.2, -0.15) is 0 Å². The molecule has 0 amide bonds. The van der Waals surface area contributed by atoms with Crippen LogP contribution in [0.15, 0.2) is 54.6 Å². The van der Waals surface area contributed by atoms with Crippen LogP contribution < -0.4 is 5.73 Å². The average Bonchev–Trinajstić information content (AvgIpc) is 2.26. The van der Waals surface area contributed by atoms with Crippen molar-refractivity contribution in [1.82, 2.24) is 0 Å². The number of rotatable bonds is 0. The van der Waals surface area contributed by atoms with Crippen LogP contribution in [0.2, 0.25) is 0 Å². The van der Waals surface area contributed by atoms with Gasteiger partial charge in [-0.25, -0.2) is 0 Å². The van der Waals surface area contributed by atoms with Gasteiger partial charge in [0.15, 0.2) is 0 Å². The van der Waals surface area contributed by atoms with Gasteiger partial charge in [0.25, 0.3) is 0 Å². The van der Waals surface area contributed by atoms with Crippen LogP contribution in [0.1, 0.15) is 0 Å². The Labute approximate surface area is 143 Å². The Hall–Kier alpha value is -0.215. The van der Waals surface area contributed by atoms with Crippen LogP contribution in [0.25, 0.3) is 21.5 Å². The van der Waals surface area contributed by atoms with Crippen LogP contribution in [0.3, 0.4) is 0 Å². The minimum absolute atomic E-state index is 0. The summed E-state index contributed by atoms with van der Waals surface area (Å²) in [5.74, 6) is 0. The van der Waals surface area contributed by atoms with Crippen molar-refractivity contribution in [3.63, 3.8) is 0 Å². The van der Waals surface area contributed by atoms with Gasteiger partial charge in [-0.15, -0.1) is 0 Å². The van der Waals surface area contributed by atoms with E-state index in [0.29, 0.717) is 0 Å². The topological polar surface area (TPSA) is 26.0 Å². The minimum Gasteiger partial charge on any atom is -0.399 e. The molecule has 0 bridgehead atoms. The second-order valence-corrected chi connectivity index (χ2v) is 3.81. The third-order valence-electron chi connectivity index (χ3n) is 2.73. The summed E-state index contributed by atoms with van der Waals surface area (Å²) < 4.78 is 0. The first-order valence-corrected chi connectivity index (χ1v) is 5.01. The van der Waals surface area contributed by atoms with Crippen molar-refractivity contribution in [3.8, 4) is 0 Å². The molecule has 0 aliphatic carbocycles. The Morgan fingerprint density at radius 2 is 1.19 bits per heavy atom. The number of nitrogens with two attached hydrogens (primary N) is 1. The molecule has 0 saturated carbocycles. The molecular weight excluding hydrogens is 268 g/mol. The van der Waals surface area contributed by atoms with E-state index in [-0.39, 0.29) is 58.2 Å². The molecule has 0 aromatic heterocycles. The summed E-state index contributed by atoms with van der Waals surface area (Å²) in [6, 6.07) is 18.8. The van der Waals surface area contributed by atoms with E-state index in [1.165, 1.54) is 21.5 Å². The number of hydrogen-bond donors (Lipinski definition) is 1. The fourth-order valence-corrected chi connectivity index (χ4v) is 1.96. The molecule has 1 nitrogen and oxygen atoms in total. The van der Waals surface area contributed by atoms with Crippen molar-refractivity contribution < 1.29 is 0 Å². The molecule has 0 atom stereocenters. The fourth-order valence-electron chi connectivity index (χ4n) is 1.96. The largest absolute Gasteiger partial charge is 0.399 e. The van der Waals surface area contributed by atoms with Crippen molar-refractivity contribution in [3.05, 3.63) is 54.6 Å². The van der Waals surface area contributed by atoms with E-state index in [9.17, 15) is 0 Å². The van der Waals surface area contributed by atoms with Crippen LogP contribution in [0.4, 0.5) is 5.69 Å². The zero-order valence-electron chi connectivity index (χ0n) is 9.27. The molecule has 0 saturated heterocycles. The summed E-state index contributed by atoms with van der Waals surface area (Å²) in [5, 5.41) is 4.97. The first kappa shape index (κ1) is 12.2. The smallest absolute Gasteiger partial charge is 0.0320 e. The fraction of sp³-hybridized carbons (Fsp3) is 0.